The van der Waals surface area contributed by atoms with E-state index in [9.17, 15) is 19.2 Å². The second-order valence-electron chi connectivity index (χ2n) is 14.8. The number of likely N-dealkylation sites (N-methyl/N-ethyl adjacent to an activating group) is 1. The van der Waals surface area contributed by atoms with Gasteiger partial charge in [-0.25, -0.2) is 4.68 Å². The lowest BCUT2D eigenvalue weighted by Crippen LogP contribution is -2.48. The van der Waals surface area contributed by atoms with Gasteiger partial charge in [-0.1, -0.05) is 24.3 Å². The largest absolute Gasteiger partial charge is 0.379 e. The summed E-state index contributed by atoms with van der Waals surface area (Å²) in [7, 11) is 3.75. The van der Waals surface area contributed by atoms with E-state index in [0.29, 0.717) is 28.9 Å². The monoisotopic (exact) mass is 743 g/mol. The third kappa shape index (κ3) is 7.23. The minimum atomic E-state index is -0.257. The number of carbonyl (C=O) groups excluding carboxylic acids is 3. The van der Waals surface area contributed by atoms with Crippen molar-refractivity contribution in [3.8, 4) is 0 Å². The van der Waals surface area contributed by atoms with Gasteiger partial charge in [0.05, 0.1) is 17.8 Å². The van der Waals surface area contributed by atoms with E-state index in [1.54, 1.807) is 13.2 Å². The minimum Gasteiger partial charge on any atom is -0.379 e. The van der Waals surface area contributed by atoms with Crippen molar-refractivity contribution < 1.29 is 14.4 Å². The molecule has 2 aromatic carbocycles. The fourth-order valence-corrected chi connectivity index (χ4v) is 8.90. The average Bonchev–Trinajstić information content (AvgIpc) is 3.12. The molecule has 264 valence electrons. The van der Waals surface area contributed by atoms with Crippen molar-refractivity contribution in [2.45, 2.75) is 62.8 Å². The third-order valence-electron chi connectivity index (χ3n) is 11.5. The molecule has 7 rings (SSSR count). The predicted molar refractivity (Wildman–Crippen MR) is 196 cm³/mol. The zero-order valence-electron chi connectivity index (χ0n) is 28.9. The SMILES string of the molecule is CN1C[C@H](Nc2cnn(C)c(=O)c2Br)C[C@H](c2ccc(C(=O)N3CCC4(CC3)CCN(c3ccc(C5CCC(=O)NC5=O)cc3)CC4)cc2)C1. The van der Waals surface area contributed by atoms with Gasteiger partial charge in [0, 0.05) is 70.0 Å². The van der Waals surface area contributed by atoms with E-state index in [2.05, 4.69) is 72.8 Å². The molecule has 2 N–H and O–H groups in total. The van der Waals surface area contributed by atoms with Crippen LogP contribution >= 0.6 is 15.9 Å². The van der Waals surface area contributed by atoms with Crippen LogP contribution in [0.5, 0.6) is 0 Å². The Morgan fingerprint density at radius 3 is 2.24 bits per heavy atom. The third-order valence-corrected chi connectivity index (χ3v) is 12.3. The first-order chi connectivity index (χ1) is 24.1. The Labute approximate surface area is 301 Å². The molecule has 4 fully saturated rings. The van der Waals surface area contributed by atoms with E-state index in [0.717, 1.165) is 82.5 Å². The summed E-state index contributed by atoms with van der Waals surface area (Å²) in [5.41, 5.74) is 4.92. The molecule has 50 heavy (non-hydrogen) atoms. The molecule has 3 amide bonds. The summed E-state index contributed by atoms with van der Waals surface area (Å²) >= 11 is 3.43. The minimum absolute atomic E-state index is 0.114. The molecule has 3 aromatic rings. The number of nitrogens with zero attached hydrogens (tertiary/aromatic N) is 5. The first-order valence-corrected chi connectivity index (χ1v) is 18.6. The number of nitrogens with one attached hydrogen (secondary N) is 2. The Bertz CT molecular complexity index is 1790. The van der Waals surface area contributed by atoms with Gasteiger partial charge in [-0.05, 0) is 108 Å². The number of likely N-dealkylation sites (tertiary alicyclic amines) is 2. The maximum atomic E-state index is 13.6. The maximum absolute atomic E-state index is 13.6. The van der Waals surface area contributed by atoms with Crippen LogP contribution < -0.4 is 21.1 Å². The Hall–Kier alpha value is -4.03. The Balaban J connectivity index is 0.901. The van der Waals surface area contributed by atoms with Crippen LogP contribution in [0.25, 0.3) is 0 Å². The number of rotatable bonds is 6. The van der Waals surface area contributed by atoms with E-state index in [-0.39, 0.29) is 40.7 Å². The first-order valence-electron chi connectivity index (χ1n) is 17.8. The van der Waals surface area contributed by atoms with E-state index >= 15 is 0 Å². The number of piperidine rings is 4. The van der Waals surface area contributed by atoms with Gasteiger partial charge in [-0.3, -0.25) is 24.5 Å². The maximum Gasteiger partial charge on any atom is 0.282 e. The molecule has 0 bridgehead atoms. The Morgan fingerprint density at radius 2 is 1.56 bits per heavy atom. The molecule has 0 radical (unpaired) electrons. The first kappa shape index (κ1) is 34.4. The van der Waals surface area contributed by atoms with Crippen molar-refractivity contribution in [1.29, 1.82) is 0 Å². The van der Waals surface area contributed by atoms with E-state index < -0.39 is 0 Å². The van der Waals surface area contributed by atoms with Gasteiger partial charge in [0.25, 0.3) is 11.5 Å². The number of aromatic nitrogens is 2. The van der Waals surface area contributed by atoms with Crippen LogP contribution in [0, 0.1) is 5.41 Å². The summed E-state index contributed by atoms with van der Waals surface area (Å²) in [6, 6.07) is 16.6. The number of imide groups is 1. The molecule has 0 saturated carbocycles. The summed E-state index contributed by atoms with van der Waals surface area (Å²) in [4.78, 5) is 56.5. The van der Waals surface area contributed by atoms with Gasteiger partial charge in [0.15, 0.2) is 0 Å². The highest BCUT2D eigenvalue weighted by Crippen LogP contribution is 2.42. The van der Waals surface area contributed by atoms with Crippen molar-refractivity contribution in [2.75, 3.05) is 56.5 Å². The number of amides is 3. The zero-order valence-corrected chi connectivity index (χ0v) is 30.5. The van der Waals surface area contributed by atoms with Crippen LogP contribution in [0.2, 0.25) is 0 Å². The lowest BCUT2D eigenvalue weighted by atomic mass is 9.71. The second-order valence-corrected chi connectivity index (χ2v) is 15.6. The highest BCUT2D eigenvalue weighted by atomic mass is 79.9. The van der Waals surface area contributed by atoms with Gasteiger partial charge in [-0.15, -0.1) is 0 Å². The van der Waals surface area contributed by atoms with Crippen LogP contribution in [0.15, 0.2) is 64.0 Å². The van der Waals surface area contributed by atoms with Crippen molar-refractivity contribution in [3.05, 3.63) is 86.2 Å². The number of hydrogen-bond acceptors (Lipinski definition) is 8. The topological polar surface area (TPSA) is 120 Å². The Kier molecular flexibility index (Phi) is 9.85. The number of benzene rings is 2. The number of anilines is 2. The molecule has 11 nitrogen and oxygen atoms in total. The summed E-state index contributed by atoms with van der Waals surface area (Å²) in [6.07, 6.45) is 7.83. The lowest BCUT2D eigenvalue weighted by molar-refractivity contribution is -0.134. The molecule has 0 aliphatic carbocycles. The summed E-state index contributed by atoms with van der Waals surface area (Å²) < 4.78 is 1.81. The number of halogens is 1. The standard InChI is InChI=1S/C38H46BrN7O4/c1-43-23-28(21-29(24-43)41-32-22-40-44(2)37(50)34(32)39)25-3-5-27(6-4-25)36(49)46-19-15-38(16-20-46)13-17-45(18-14-38)30-9-7-26(8-10-30)31-11-12-33(47)42-35(31)48/h3-10,22,28-29,31,41H,11-21,23-24H2,1-2H3,(H,42,47,48)/t28-,29+,31?/m0/s1. The van der Waals surface area contributed by atoms with Crippen molar-refractivity contribution in [3.63, 3.8) is 0 Å². The van der Waals surface area contributed by atoms with Gasteiger partial charge < -0.3 is 20.0 Å². The second kappa shape index (κ2) is 14.3. The number of carbonyl (C=O) groups is 3. The van der Waals surface area contributed by atoms with Gasteiger partial charge in [0.1, 0.15) is 4.47 Å². The van der Waals surface area contributed by atoms with Gasteiger partial charge >= 0.3 is 0 Å². The predicted octanol–water partition coefficient (Wildman–Crippen LogP) is 4.49. The quantitative estimate of drug-likeness (QED) is 0.355. The summed E-state index contributed by atoms with van der Waals surface area (Å²) in [5, 5.41) is 10.1. The normalized spacial score (nSPS) is 24.3. The fourth-order valence-electron chi connectivity index (χ4n) is 8.43. The molecule has 4 aliphatic rings. The van der Waals surface area contributed by atoms with Crippen LogP contribution in [0.4, 0.5) is 11.4 Å². The van der Waals surface area contributed by atoms with E-state index in [1.165, 1.54) is 15.9 Å². The molecule has 1 unspecified atom stereocenters. The number of hydrogen-bond donors (Lipinski definition) is 2. The molecular weight excluding hydrogens is 698 g/mol. The van der Waals surface area contributed by atoms with Crippen LogP contribution in [-0.4, -0.2) is 89.7 Å². The lowest BCUT2D eigenvalue weighted by Gasteiger charge is -2.47. The van der Waals surface area contributed by atoms with E-state index in [1.807, 2.05) is 29.2 Å². The molecule has 4 aliphatic heterocycles. The Morgan fingerprint density at radius 1 is 0.900 bits per heavy atom. The molecule has 1 aromatic heterocycles. The van der Waals surface area contributed by atoms with Crippen molar-refractivity contribution in [2.24, 2.45) is 12.5 Å². The average molecular weight is 745 g/mol. The van der Waals surface area contributed by atoms with Crippen LogP contribution in [0.1, 0.15) is 78.3 Å². The van der Waals surface area contributed by atoms with E-state index in [4.69, 9.17) is 0 Å². The highest BCUT2D eigenvalue weighted by Gasteiger charge is 2.39. The summed E-state index contributed by atoms with van der Waals surface area (Å²) in [6.45, 7) is 5.34. The zero-order chi connectivity index (χ0) is 35.0. The van der Waals surface area contributed by atoms with Gasteiger partial charge in [0.2, 0.25) is 11.8 Å². The fraction of sp³-hybridized carbons (Fsp3) is 0.500. The van der Waals surface area contributed by atoms with Gasteiger partial charge in [-0.2, -0.15) is 5.10 Å². The summed E-state index contributed by atoms with van der Waals surface area (Å²) in [5.74, 6) is -0.223. The molecule has 5 heterocycles. The molecule has 4 saturated heterocycles. The molecular formula is C38H46BrN7O4. The molecule has 3 atom stereocenters. The van der Waals surface area contributed by atoms with Crippen molar-refractivity contribution in [1.82, 2.24) is 24.9 Å². The van der Waals surface area contributed by atoms with Crippen LogP contribution in [-0.2, 0) is 16.6 Å². The molecule has 1 spiro atoms. The molecule has 12 heteroatoms. The van der Waals surface area contributed by atoms with Crippen LogP contribution in [0.3, 0.4) is 0 Å². The number of aryl methyl sites for hydroxylation is 1. The highest BCUT2D eigenvalue weighted by molar-refractivity contribution is 9.10. The van der Waals surface area contributed by atoms with Crippen molar-refractivity contribution >= 4 is 45.0 Å². The smallest absolute Gasteiger partial charge is 0.282 e.